The van der Waals surface area contributed by atoms with Gasteiger partial charge in [0.25, 0.3) is 0 Å². The number of hydrogen-bond acceptors (Lipinski definition) is 3. The summed E-state index contributed by atoms with van der Waals surface area (Å²) in [6, 6.07) is 0. The molecule has 0 rings (SSSR count). The van der Waals surface area contributed by atoms with Crippen LogP contribution in [0.3, 0.4) is 0 Å². The number of rotatable bonds is 31. The molecule has 0 bridgehead atoms. The number of ether oxygens (including phenoxy) is 1. The van der Waals surface area contributed by atoms with Crippen LogP contribution >= 0.6 is 0 Å². The van der Waals surface area contributed by atoms with Crippen LogP contribution in [-0.2, 0) is 9.53 Å². The average Bonchev–Trinajstić information content (AvgIpc) is 2.91. The van der Waals surface area contributed by atoms with Crippen molar-refractivity contribution in [1.82, 2.24) is 4.90 Å². The maximum Gasteiger partial charge on any atom is 0.305 e. The molecule has 0 saturated carbocycles. The van der Waals surface area contributed by atoms with Gasteiger partial charge in [-0.2, -0.15) is 0 Å². The minimum Gasteiger partial charge on any atom is -0.469 e. The quantitative estimate of drug-likeness (QED) is 0.0650. The first-order valence-electron chi connectivity index (χ1n) is 17.3. The Balaban J connectivity index is 3.45. The fraction of sp³-hybridized carbons (Fsp3) is 0.971. The van der Waals surface area contributed by atoms with Crippen LogP contribution in [-0.4, -0.2) is 38.6 Å². The molecular formula is C35H71NO2. The minimum absolute atomic E-state index is 0.0612. The summed E-state index contributed by atoms with van der Waals surface area (Å²) in [5.41, 5.74) is 0. The molecule has 0 aliphatic rings. The van der Waals surface area contributed by atoms with Crippen LogP contribution < -0.4 is 0 Å². The molecule has 0 heterocycles. The molecule has 0 aliphatic heterocycles. The highest BCUT2D eigenvalue weighted by molar-refractivity contribution is 5.68. The third-order valence-corrected chi connectivity index (χ3v) is 8.42. The van der Waals surface area contributed by atoms with Crippen molar-refractivity contribution < 1.29 is 9.53 Å². The van der Waals surface area contributed by atoms with E-state index < -0.39 is 0 Å². The van der Waals surface area contributed by atoms with Crippen molar-refractivity contribution in [3.63, 3.8) is 0 Å². The summed E-state index contributed by atoms with van der Waals surface area (Å²) in [6.45, 7) is 3.57. The molecule has 0 aromatic heterocycles. The summed E-state index contributed by atoms with van der Waals surface area (Å²) in [5.74, 6) is 0.903. The van der Waals surface area contributed by atoms with Crippen molar-refractivity contribution in [3.05, 3.63) is 0 Å². The van der Waals surface area contributed by atoms with Crippen LogP contribution in [0, 0.1) is 5.92 Å². The van der Waals surface area contributed by atoms with Crippen molar-refractivity contribution in [2.24, 2.45) is 5.92 Å². The van der Waals surface area contributed by atoms with Gasteiger partial charge in [0.05, 0.1) is 7.11 Å². The average molecular weight is 538 g/mol. The highest BCUT2D eigenvalue weighted by atomic mass is 16.5. The van der Waals surface area contributed by atoms with Gasteiger partial charge in [-0.3, -0.25) is 4.79 Å². The molecule has 0 aliphatic carbocycles. The van der Waals surface area contributed by atoms with E-state index in [2.05, 4.69) is 30.7 Å². The number of carbonyl (C=O) groups is 1. The van der Waals surface area contributed by atoms with Gasteiger partial charge in [0.2, 0.25) is 0 Å². The molecule has 0 aromatic rings. The fourth-order valence-corrected chi connectivity index (χ4v) is 5.72. The van der Waals surface area contributed by atoms with E-state index in [1.807, 2.05) is 0 Å². The van der Waals surface area contributed by atoms with Crippen LogP contribution in [0.15, 0.2) is 0 Å². The van der Waals surface area contributed by atoms with E-state index >= 15 is 0 Å². The zero-order valence-electron chi connectivity index (χ0n) is 26.8. The molecule has 0 saturated heterocycles. The van der Waals surface area contributed by atoms with E-state index in [0.717, 1.165) is 12.3 Å². The van der Waals surface area contributed by atoms with Gasteiger partial charge in [0.15, 0.2) is 0 Å². The molecular weight excluding hydrogens is 466 g/mol. The number of esters is 1. The van der Waals surface area contributed by atoms with Gasteiger partial charge < -0.3 is 9.64 Å². The van der Waals surface area contributed by atoms with Gasteiger partial charge in [-0.05, 0) is 39.4 Å². The van der Waals surface area contributed by atoms with Gasteiger partial charge in [-0.25, -0.2) is 0 Å². The van der Waals surface area contributed by atoms with Crippen molar-refractivity contribution in [2.75, 3.05) is 27.7 Å². The summed E-state index contributed by atoms with van der Waals surface area (Å²) in [4.78, 5) is 13.4. The SMILES string of the molecule is CCCCCCCCCC(CCCCCCCCCCCCCCCCCCCC(=O)OC)CCN(C)C. The van der Waals surface area contributed by atoms with Gasteiger partial charge >= 0.3 is 5.97 Å². The standard InChI is InChI=1S/C35H71NO2/c1-5-6-7-8-20-23-26-29-34(32-33-36(2)3)30-27-24-21-18-16-14-12-10-9-11-13-15-17-19-22-25-28-31-35(37)38-4/h34H,5-33H2,1-4H3. The Morgan fingerprint density at radius 3 is 1.21 bits per heavy atom. The first kappa shape index (κ1) is 37.4. The first-order valence-corrected chi connectivity index (χ1v) is 17.3. The number of methoxy groups -OCH3 is 1. The van der Waals surface area contributed by atoms with E-state index in [1.54, 1.807) is 0 Å². The van der Waals surface area contributed by atoms with Crippen LogP contribution in [0.25, 0.3) is 0 Å². The minimum atomic E-state index is -0.0612. The van der Waals surface area contributed by atoms with Crippen molar-refractivity contribution in [2.45, 2.75) is 187 Å². The lowest BCUT2D eigenvalue weighted by molar-refractivity contribution is -0.140. The highest BCUT2D eigenvalue weighted by Gasteiger charge is 2.09. The molecule has 0 spiro atoms. The summed E-state index contributed by atoms with van der Waals surface area (Å²) < 4.78 is 4.68. The number of carbonyl (C=O) groups excluding carboxylic acids is 1. The highest BCUT2D eigenvalue weighted by Crippen LogP contribution is 2.22. The zero-order valence-corrected chi connectivity index (χ0v) is 26.8. The summed E-state index contributed by atoms with van der Waals surface area (Å²) >= 11 is 0. The van der Waals surface area contributed by atoms with Gasteiger partial charge in [0, 0.05) is 6.42 Å². The van der Waals surface area contributed by atoms with Crippen LogP contribution in [0.5, 0.6) is 0 Å². The Bertz CT molecular complexity index is 465. The van der Waals surface area contributed by atoms with E-state index in [0.29, 0.717) is 6.42 Å². The van der Waals surface area contributed by atoms with Gasteiger partial charge in [-0.15, -0.1) is 0 Å². The third-order valence-electron chi connectivity index (χ3n) is 8.42. The summed E-state index contributed by atoms with van der Waals surface area (Å²) in [6.07, 6.45) is 38.5. The third kappa shape index (κ3) is 30.0. The number of nitrogens with zero attached hydrogens (tertiary/aromatic N) is 1. The maximum atomic E-state index is 11.1. The Hall–Kier alpha value is -0.570. The lowest BCUT2D eigenvalue weighted by Crippen LogP contribution is -2.17. The number of hydrogen-bond donors (Lipinski definition) is 0. The Labute approximate surface area is 240 Å². The van der Waals surface area contributed by atoms with Crippen LogP contribution in [0.1, 0.15) is 187 Å². The van der Waals surface area contributed by atoms with Crippen molar-refractivity contribution >= 4 is 5.97 Å². The lowest BCUT2D eigenvalue weighted by atomic mass is 9.91. The molecule has 0 radical (unpaired) electrons. The molecule has 1 atom stereocenters. The second-order valence-electron chi connectivity index (χ2n) is 12.5. The molecule has 0 aromatic carbocycles. The second kappa shape index (κ2) is 31.0. The largest absolute Gasteiger partial charge is 0.469 e. The normalized spacial score (nSPS) is 12.3. The number of unbranched alkanes of at least 4 members (excludes halogenated alkanes) is 22. The monoisotopic (exact) mass is 538 g/mol. The predicted molar refractivity (Wildman–Crippen MR) is 169 cm³/mol. The lowest BCUT2D eigenvalue weighted by Gasteiger charge is -2.19. The Morgan fingerprint density at radius 2 is 0.868 bits per heavy atom. The van der Waals surface area contributed by atoms with E-state index in [1.165, 1.54) is 181 Å². The molecule has 1 unspecified atom stereocenters. The van der Waals surface area contributed by atoms with E-state index in [4.69, 9.17) is 0 Å². The first-order chi connectivity index (χ1) is 18.6. The van der Waals surface area contributed by atoms with E-state index in [-0.39, 0.29) is 5.97 Å². The fourth-order valence-electron chi connectivity index (χ4n) is 5.72. The molecule has 0 fully saturated rings. The second-order valence-corrected chi connectivity index (χ2v) is 12.5. The van der Waals surface area contributed by atoms with Crippen LogP contribution in [0.4, 0.5) is 0 Å². The topological polar surface area (TPSA) is 29.5 Å². The molecule has 228 valence electrons. The van der Waals surface area contributed by atoms with E-state index in [9.17, 15) is 4.79 Å². The summed E-state index contributed by atoms with van der Waals surface area (Å²) in [7, 11) is 5.93. The molecule has 0 N–H and O–H groups in total. The Kier molecular flexibility index (Phi) is 30.5. The molecule has 3 nitrogen and oxygen atoms in total. The zero-order chi connectivity index (χ0) is 27.9. The maximum absolute atomic E-state index is 11.1. The van der Waals surface area contributed by atoms with Gasteiger partial charge in [0.1, 0.15) is 0 Å². The smallest absolute Gasteiger partial charge is 0.305 e. The van der Waals surface area contributed by atoms with Gasteiger partial charge in [-0.1, -0.05) is 167 Å². The molecule has 3 heteroatoms. The van der Waals surface area contributed by atoms with Crippen molar-refractivity contribution in [1.29, 1.82) is 0 Å². The predicted octanol–water partition coefficient (Wildman–Crippen LogP) is 11.3. The molecule has 38 heavy (non-hydrogen) atoms. The Morgan fingerprint density at radius 1 is 0.526 bits per heavy atom. The van der Waals surface area contributed by atoms with Crippen molar-refractivity contribution in [3.8, 4) is 0 Å². The summed E-state index contributed by atoms with van der Waals surface area (Å²) in [5, 5.41) is 0. The molecule has 0 amide bonds. The van der Waals surface area contributed by atoms with Crippen LogP contribution in [0.2, 0.25) is 0 Å².